The molecule has 0 atom stereocenters. The van der Waals surface area contributed by atoms with Gasteiger partial charge in [0.2, 0.25) is 9.84 Å². The molecule has 1 aliphatic rings. The summed E-state index contributed by atoms with van der Waals surface area (Å²) in [4.78, 5) is 5.19. The van der Waals surface area contributed by atoms with Crippen LogP contribution in [0.25, 0.3) is 11.1 Å². The summed E-state index contributed by atoms with van der Waals surface area (Å²) in [5.74, 6) is 1.27. The average molecular weight is 447 g/mol. The van der Waals surface area contributed by atoms with Gasteiger partial charge in [0.25, 0.3) is 0 Å². The molecule has 1 aliphatic heterocycles. The molecule has 7 heteroatoms. The molecule has 0 radical (unpaired) electrons. The van der Waals surface area contributed by atoms with E-state index >= 15 is 0 Å². The Labute approximate surface area is 186 Å². The minimum Gasteiger partial charge on any atom is -0.492 e. The second kappa shape index (κ2) is 10.5. The molecule has 3 rings (SSSR count). The molecule has 0 fully saturated rings. The van der Waals surface area contributed by atoms with E-state index in [0.29, 0.717) is 45.6 Å². The highest BCUT2D eigenvalue weighted by molar-refractivity contribution is 7.92. The number of hydrogen-bond acceptors (Lipinski definition) is 6. The first-order chi connectivity index (χ1) is 14.9. The number of ether oxygens (including phenoxy) is 2. The lowest BCUT2D eigenvalue weighted by atomic mass is 10.1. The molecule has 2 aromatic carbocycles. The SMILES string of the molecule is CCN(CC)CCOc1ccc2c(c1)-c1ccc(OCCN(CC)CC)cc1S2(=O)=O. The summed E-state index contributed by atoms with van der Waals surface area (Å²) in [5.41, 5.74) is 1.41. The summed E-state index contributed by atoms with van der Waals surface area (Å²) in [5, 5.41) is 0. The molecular formula is C24H34N2O4S. The Morgan fingerprint density at radius 3 is 1.74 bits per heavy atom. The van der Waals surface area contributed by atoms with Crippen molar-refractivity contribution in [2.75, 3.05) is 52.5 Å². The van der Waals surface area contributed by atoms with Gasteiger partial charge >= 0.3 is 0 Å². The van der Waals surface area contributed by atoms with E-state index in [1.54, 1.807) is 18.2 Å². The van der Waals surface area contributed by atoms with Gasteiger partial charge in [-0.15, -0.1) is 0 Å². The standard InChI is InChI=1S/C24H34N2O4S/c1-5-25(6-2)13-15-29-19-10-12-23-22(17-19)21-11-9-20(18-24(21)31(23,27)28)30-16-14-26(7-3)8-4/h9-12,17-18H,5-8,13-16H2,1-4H3. The van der Waals surface area contributed by atoms with Crippen LogP contribution in [0, 0.1) is 0 Å². The van der Waals surface area contributed by atoms with Gasteiger partial charge in [-0.25, -0.2) is 8.42 Å². The number of hydrogen-bond donors (Lipinski definition) is 0. The van der Waals surface area contributed by atoms with Crippen LogP contribution < -0.4 is 9.47 Å². The summed E-state index contributed by atoms with van der Waals surface area (Å²) >= 11 is 0. The molecule has 0 spiro atoms. The number of likely N-dealkylation sites (N-methyl/N-ethyl adjacent to an activating group) is 2. The third kappa shape index (κ3) is 5.22. The topological polar surface area (TPSA) is 59.1 Å². The maximum atomic E-state index is 13.1. The lowest BCUT2D eigenvalue weighted by molar-refractivity contribution is 0.222. The minimum absolute atomic E-state index is 0.308. The summed E-state index contributed by atoms with van der Waals surface area (Å²) < 4.78 is 37.9. The minimum atomic E-state index is -3.55. The zero-order valence-electron chi connectivity index (χ0n) is 19.1. The van der Waals surface area contributed by atoms with Crippen molar-refractivity contribution in [1.29, 1.82) is 0 Å². The molecule has 0 aromatic heterocycles. The van der Waals surface area contributed by atoms with Crippen LogP contribution in [0.15, 0.2) is 46.2 Å². The Kier molecular flexibility index (Phi) is 7.97. The number of fused-ring (bicyclic) bond motifs is 3. The third-order valence-electron chi connectivity index (χ3n) is 5.91. The monoisotopic (exact) mass is 446 g/mol. The highest BCUT2D eigenvalue weighted by Gasteiger charge is 2.33. The number of nitrogens with zero attached hydrogens (tertiary/aromatic N) is 2. The van der Waals surface area contributed by atoms with Crippen molar-refractivity contribution < 1.29 is 17.9 Å². The molecule has 0 bridgehead atoms. The van der Waals surface area contributed by atoms with E-state index in [4.69, 9.17) is 9.47 Å². The van der Waals surface area contributed by atoms with Gasteiger partial charge in [0.05, 0.1) is 9.79 Å². The van der Waals surface area contributed by atoms with Gasteiger partial charge in [-0.1, -0.05) is 27.7 Å². The van der Waals surface area contributed by atoms with Crippen LogP contribution in [-0.2, 0) is 9.84 Å². The van der Waals surface area contributed by atoms with E-state index < -0.39 is 9.84 Å². The van der Waals surface area contributed by atoms with Crippen molar-refractivity contribution in [2.24, 2.45) is 0 Å². The van der Waals surface area contributed by atoms with E-state index in [1.165, 1.54) is 0 Å². The predicted molar refractivity (Wildman–Crippen MR) is 124 cm³/mol. The van der Waals surface area contributed by atoms with E-state index in [-0.39, 0.29) is 0 Å². The maximum Gasteiger partial charge on any atom is 0.207 e. The summed E-state index contributed by atoms with van der Waals surface area (Å²) in [6.07, 6.45) is 0. The quantitative estimate of drug-likeness (QED) is 0.420. The molecule has 31 heavy (non-hydrogen) atoms. The van der Waals surface area contributed by atoms with Crippen LogP contribution in [0.1, 0.15) is 27.7 Å². The first-order valence-electron chi connectivity index (χ1n) is 11.2. The zero-order chi connectivity index (χ0) is 22.4. The van der Waals surface area contributed by atoms with Crippen molar-refractivity contribution in [3.05, 3.63) is 36.4 Å². The second-order valence-electron chi connectivity index (χ2n) is 7.57. The fourth-order valence-electron chi connectivity index (χ4n) is 3.86. The van der Waals surface area contributed by atoms with Crippen molar-refractivity contribution >= 4 is 9.84 Å². The van der Waals surface area contributed by atoms with Gasteiger partial charge in [0.15, 0.2) is 0 Å². The normalized spacial score (nSPS) is 14.0. The molecule has 2 aromatic rings. The van der Waals surface area contributed by atoms with Crippen LogP contribution in [0.3, 0.4) is 0 Å². The van der Waals surface area contributed by atoms with Crippen LogP contribution in [-0.4, -0.2) is 70.7 Å². The summed E-state index contributed by atoms with van der Waals surface area (Å²) in [7, 11) is -3.55. The van der Waals surface area contributed by atoms with Gasteiger partial charge in [-0.2, -0.15) is 0 Å². The molecule has 6 nitrogen and oxygen atoms in total. The van der Waals surface area contributed by atoms with Gasteiger partial charge < -0.3 is 19.3 Å². The molecule has 1 heterocycles. The van der Waals surface area contributed by atoms with Crippen LogP contribution in [0.2, 0.25) is 0 Å². The summed E-state index contributed by atoms with van der Waals surface area (Å²) in [6.45, 7) is 15.1. The van der Waals surface area contributed by atoms with Crippen molar-refractivity contribution in [1.82, 2.24) is 9.80 Å². The Morgan fingerprint density at radius 1 is 0.677 bits per heavy atom. The van der Waals surface area contributed by atoms with Crippen LogP contribution in [0.5, 0.6) is 11.5 Å². The number of benzene rings is 2. The molecular weight excluding hydrogens is 412 g/mol. The third-order valence-corrected chi connectivity index (χ3v) is 7.77. The molecule has 0 saturated carbocycles. The Hall–Kier alpha value is -2.09. The van der Waals surface area contributed by atoms with Gasteiger partial charge in [0.1, 0.15) is 24.7 Å². The van der Waals surface area contributed by atoms with Crippen molar-refractivity contribution in [3.63, 3.8) is 0 Å². The van der Waals surface area contributed by atoms with Crippen molar-refractivity contribution in [2.45, 2.75) is 37.5 Å². The molecule has 0 aliphatic carbocycles. The highest BCUT2D eigenvalue weighted by atomic mass is 32.2. The van der Waals surface area contributed by atoms with Crippen LogP contribution in [0.4, 0.5) is 0 Å². The van der Waals surface area contributed by atoms with E-state index in [9.17, 15) is 8.42 Å². The molecule has 0 N–H and O–H groups in total. The van der Waals surface area contributed by atoms with E-state index in [0.717, 1.165) is 39.3 Å². The molecule has 0 amide bonds. The average Bonchev–Trinajstić information content (AvgIpc) is 3.00. The lowest BCUT2D eigenvalue weighted by Crippen LogP contribution is -2.27. The molecule has 170 valence electrons. The number of rotatable bonds is 12. The maximum absolute atomic E-state index is 13.1. The second-order valence-corrected chi connectivity index (χ2v) is 9.46. The fourth-order valence-corrected chi connectivity index (χ4v) is 5.55. The first kappa shape index (κ1) is 23.6. The Morgan fingerprint density at radius 2 is 1.19 bits per heavy atom. The number of sulfone groups is 1. The smallest absolute Gasteiger partial charge is 0.207 e. The first-order valence-corrected chi connectivity index (χ1v) is 12.7. The predicted octanol–water partition coefficient (Wildman–Crippen LogP) is 3.94. The Bertz CT molecular complexity index is 983. The van der Waals surface area contributed by atoms with Gasteiger partial charge in [-0.05, 0) is 62.6 Å². The largest absolute Gasteiger partial charge is 0.492 e. The Balaban J connectivity index is 1.75. The van der Waals surface area contributed by atoms with Gasteiger partial charge in [-0.3, -0.25) is 0 Å². The van der Waals surface area contributed by atoms with Crippen LogP contribution >= 0.6 is 0 Å². The van der Waals surface area contributed by atoms with E-state index in [1.807, 2.05) is 18.2 Å². The zero-order valence-corrected chi connectivity index (χ0v) is 19.9. The van der Waals surface area contributed by atoms with E-state index in [2.05, 4.69) is 37.5 Å². The van der Waals surface area contributed by atoms with Gasteiger partial charge in [0, 0.05) is 24.2 Å². The molecule has 0 saturated heterocycles. The molecule has 0 unspecified atom stereocenters. The summed E-state index contributed by atoms with van der Waals surface area (Å²) in [6, 6.07) is 10.6. The highest BCUT2D eigenvalue weighted by Crippen LogP contribution is 2.45. The lowest BCUT2D eigenvalue weighted by Gasteiger charge is -2.18. The van der Waals surface area contributed by atoms with Crippen molar-refractivity contribution in [3.8, 4) is 22.6 Å². The fraction of sp³-hybridized carbons (Fsp3) is 0.500.